The normalized spacial score (nSPS) is 16.6. The van der Waals surface area contributed by atoms with Crippen molar-refractivity contribution in [3.8, 4) is 11.1 Å². The van der Waals surface area contributed by atoms with Crippen LogP contribution in [0.5, 0.6) is 0 Å². The number of nitrogens with zero attached hydrogens (tertiary/aromatic N) is 4. The van der Waals surface area contributed by atoms with Gasteiger partial charge in [-0.15, -0.1) is 0 Å². The van der Waals surface area contributed by atoms with Gasteiger partial charge in [-0.25, -0.2) is 13.6 Å². The van der Waals surface area contributed by atoms with Gasteiger partial charge >= 0.3 is 5.69 Å². The Labute approximate surface area is 252 Å². The Kier molecular flexibility index (Phi) is 9.12. The molecule has 2 amide bonds. The van der Waals surface area contributed by atoms with E-state index in [4.69, 9.17) is 16.3 Å². The van der Waals surface area contributed by atoms with Crippen molar-refractivity contribution in [1.82, 2.24) is 18.9 Å². The third-order valence-electron chi connectivity index (χ3n) is 8.29. The number of ether oxygens (including phenoxy) is 1. The van der Waals surface area contributed by atoms with Gasteiger partial charge in [0.2, 0.25) is 11.8 Å². The molecule has 9 nitrogen and oxygen atoms in total. The van der Waals surface area contributed by atoms with E-state index in [9.17, 15) is 28.0 Å². The minimum atomic E-state index is -0.717. The predicted octanol–water partition coefficient (Wildman–Crippen LogP) is 3.43. The van der Waals surface area contributed by atoms with E-state index in [1.165, 1.54) is 43.6 Å². The molecule has 3 heterocycles. The van der Waals surface area contributed by atoms with Crippen LogP contribution in [0.3, 0.4) is 0 Å². The Morgan fingerprint density at radius 2 is 1.79 bits per heavy atom. The highest BCUT2D eigenvalue weighted by molar-refractivity contribution is 6.33. The molecule has 0 aliphatic carbocycles. The lowest BCUT2D eigenvalue weighted by Gasteiger charge is -2.38. The minimum Gasteiger partial charge on any atom is -0.383 e. The highest BCUT2D eigenvalue weighted by Crippen LogP contribution is 2.28. The number of fused-ring (bicyclic) bond motifs is 1. The van der Waals surface area contributed by atoms with Crippen molar-refractivity contribution in [2.75, 3.05) is 33.4 Å². The van der Waals surface area contributed by atoms with E-state index in [1.54, 1.807) is 17.9 Å². The number of benzene rings is 2. The largest absolute Gasteiger partial charge is 0.383 e. The third kappa shape index (κ3) is 6.28. The fraction of sp³-hybridized carbons (Fsp3) is 0.419. The summed E-state index contributed by atoms with van der Waals surface area (Å²) in [5, 5.41) is -0.263. The Morgan fingerprint density at radius 3 is 2.51 bits per heavy atom. The summed E-state index contributed by atoms with van der Waals surface area (Å²) in [5.41, 5.74) is 0.415. The summed E-state index contributed by atoms with van der Waals surface area (Å²) in [6.07, 6.45) is 3.15. The van der Waals surface area contributed by atoms with Crippen LogP contribution in [0.2, 0.25) is 5.02 Å². The summed E-state index contributed by atoms with van der Waals surface area (Å²) in [5.74, 6) is -1.38. The molecule has 0 bridgehead atoms. The number of rotatable bonds is 7. The van der Waals surface area contributed by atoms with Crippen molar-refractivity contribution in [3.05, 3.63) is 91.2 Å². The molecule has 5 rings (SSSR count). The second-order valence-corrected chi connectivity index (χ2v) is 11.5. The maximum Gasteiger partial charge on any atom is 0.331 e. The quantitative estimate of drug-likeness (QED) is 0.407. The summed E-state index contributed by atoms with van der Waals surface area (Å²) in [6.45, 7) is 2.60. The standard InChI is InChI=1S/C31H33ClF2N4O5/c1-19(18-43-2)38-30(41)25(24-4-3-5-26(34)29(24)32)16-36(31(38)42)17-28(40)35-11-9-23(10-12-35)37-13-8-21-14-22(33)7-6-20(21)15-27(37)39/h3-7,14,16,19,23H,8-13,15,17-18H2,1-2H3/t19-/m0/s1. The zero-order valence-corrected chi connectivity index (χ0v) is 24.8. The molecule has 1 fully saturated rings. The zero-order valence-electron chi connectivity index (χ0n) is 24.0. The predicted molar refractivity (Wildman–Crippen MR) is 157 cm³/mol. The van der Waals surface area contributed by atoms with Crippen LogP contribution in [0.25, 0.3) is 11.1 Å². The molecule has 0 saturated carbocycles. The fourth-order valence-corrected chi connectivity index (χ4v) is 6.25. The lowest BCUT2D eigenvalue weighted by Crippen LogP contribution is -2.50. The first-order chi connectivity index (χ1) is 20.6. The Hall–Kier alpha value is -3.83. The monoisotopic (exact) mass is 614 g/mol. The van der Waals surface area contributed by atoms with Crippen LogP contribution in [0, 0.1) is 11.6 Å². The van der Waals surface area contributed by atoms with Gasteiger partial charge in [0.1, 0.15) is 18.2 Å². The number of hydrogen-bond donors (Lipinski definition) is 0. The Morgan fingerprint density at radius 1 is 1.05 bits per heavy atom. The molecule has 0 spiro atoms. The summed E-state index contributed by atoms with van der Waals surface area (Å²) >= 11 is 6.19. The van der Waals surface area contributed by atoms with E-state index in [0.29, 0.717) is 38.9 Å². The first-order valence-corrected chi connectivity index (χ1v) is 14.6. The van der Waals surface area contributed by atoms with Crippen molar-refractivity contribution < 1.29 is 23.1 Å². The highest BCUT2D eigenvalue weighted by Gasteiger charge is 2.32. The summed E-state index contributed by atoms with van der Waals surface area (Å²) < 4.78 is 35.3. The van der Waals surface area contributed by atoms with Crippen LogP contribution in [0.15, 0.2) is 52.2 Å². The number of likely N-dealkylation sites (tertiary alicyclic amines) is 1. The lowest BCUT2D eigenvalue weighted by atomic mass is 10.0. The molecule has 1 atom stereocenters. The number of piperidine rings is 1. The van der Waals surface area contributed by atoms with Gasteiger partial charge in [-0.2, -0.15) is 0 Å². The summed E-state index contributed by atoms with van der Waals surface area (Å²) in [7, 11) is 1.44. The summed E-state index contributed by atoms with van der Waals surface area (Å²) in [6, 6.07) is 7.87. The van der Waals surface area contributed by atoms with Crippen LogP contribution in [-0.2, 0) is 33.7 Å². The number of hydrogen-bond acceptors (Lipinski definition) is 5. The van der Waals surface area contributed by atoms with Crippen LogP contribution < -0.4 is 11.2 Å². The number of aromatic nitrogens is 2. The van der Waals surface area contributed by atoms with E-state index in [-0.39, 0.29) is 59.4 Å². The van der Waals surface area contributed by atoms with Crippen molar-refractivity contribution in [1.29, 1.82) is 0 Å². The van der Waals surface area contributed by atoms with Gasteiger partial charge in [-0.3, -0.25) is 23.5 Å². The molecule has 1 saturated heterocycles. The molecule has 0 unspecified atom stereocenters. The first kappa shape index (κ1) is 30.6. The molecule has 3 aromatic rings. The molecule has 228 valence electrons. The van der Waals surface area contributed by atoms with Crippen molar-refractivity contribution in [2.45, 2.75) is 51.2 Å². The average molecular weight is 615 g/mol. The topological polar surface area (TPSA) is 93.8 Å². The van der Waals surface area contributed by atoms with E-state index < -0.39 is 23.1 Å². The molecule has 2 aliphatic rings. The molecular weight excluding hydrogens is 582 g/mol. The van der Waals surface area contributed by atoms with Gasteiger partial charge in [-0.1, -0.05) is 29.8 Å². The average Bonchev–Trinajstić information content (AvgIpc) is 3.14. The van der Waals surface area contributed by atoms with Crippen LogP contribution in [0.1, 0.15) is 36.9 Å². The van der Waals surface area contributed by atoms with Crippen molar-refractivity contribution in [2.24, 2.45) is 0 Å². The minimum absolute atomic E-state index is 0.0147. The summed E-state index contributed by atoms with van der Waals surface area (Å²) in [4.78, 5) is 56.8. The number of carbonyl (C=O) groups is 2. The SMILES string of the molecule is COC[C@H](C)n1c(=O)c(-c2cccc(F)c2Cl)cn(CC(=O)N2CCC(N3CCc4cc(F)ccc4CC3=O)CC2)c1=O. The van der Waals surface area contributed by atoms with E-state index in [0.717, 1.165) is 20.3 Å². The van der Waals surface area contributed by atoms with Gasteiger partial charge in [0.15, 0.2) is 0 Å². The molecule has 1 aromatic heterocycles. The van der Waals surface area contributed by atoms with Crippen molar-refractivity contribution in [3.63, 3.8) is 0 Å². The van der Waals surface area contributed by atoms with E-state index in [2.05, 4.69) is 0 Å². The first-order valence-electron chi connectivity index (χ1n) is 14.2. The molecule has 2 aliphatic heterocycles. The number of halogens is 3. The van der Waals surface area contributed by atoms with Gasteiger partial charge in [0, 0.05) is 44.5 Å². The molecule has 2 aromatic carbocycles. The van der Waals surface area contributed by atoms with E-state index in [1.807, 2.05) is 4.90 Å². The van der Waals surface area contributed by atoms with Gasteiger partial charge in [-0.05, 0) is 55.5 Å². The zero-order chi connectivity index (χ0) is 30.8. The second kappa shape index (κ2) is 12.8. The van der Waals surface area contributed by atoms with Crippen LogP contribution >= 0.6 is 11.6 Å². The van der Waals surface area contributed by atoms with Gasteiger partial charge in [0.05, 0.1) is 29.7 Å². The Balaban J connectivity index is 1.33. The number of carbonyl (C=O) groups excluding carboxylic acids is 2. The Bertz CT molecular complexity index is 1660. The smallest absolute Gasteiger partial charge is 0.331 e. The third-order valence-corrected chi connectivity index (χ3v) is 8.68. The molecule has 0 radical (unpaired) electrons. The molecular formula is C31H33ClF2N4O5. The van der Waals surface area contributed by atoms with Crippen LogP contribution in [-0.4, -0.2) is 70.1 Å². The van der Waals surface area contributed by atoms with Crippen molar-refractivity contribution >= 4 is 23.4 Å². The number of methoxy groups -OCH3 is 1. The van der Waals surface area contributed by atoms with Crippen LogP contribution in [0.4, 0.5) is 8.78 Å². The maximum absolute atomic E-state index is 14.3. The fourth-order valence-electron chi connectivity index (χ4n) is 6.02. The molecule has 12 heteroatoms. The van der Waals surface area contributed by atoms with E-state index >= 15 is 0 Å². The molecule has 0 N–H and O–H groups in total. The maximum atomic E-state index is 14.3. The lowest BCUT2D eigenvalue weighted by molar-refractivity contribution is -0.136. The second-order valence-electron chi connectivity index (χ2n) is 11.1. The number of amides is 2. The van der Waals surface area contributed by atoms with Gasteiger partial charge < -0.3 is 14.5 Å². The van der Waals surface area contributed by atoms with Gasteiger partial charge in [0.25, 0.3) is 5.56 Å². The highest BCUT2D eigenvalue weighted by atomic mass is 35.5. The molecule has 43 heavy (non-hydrogen) atoms.